The van der Waals surface area contributed by atoms with Gasteiger partial charge in [-0.2, -0.15) is 4.98 Å². The third kappa shape index (κ3) is 4.65. The van der Waals surface area contributed by atoms with Crippen LogP contribution in [-0.4, -0.2) is 49.4 Å². The maximum absolute atomic E-state index is 5.00. The van der Waals surface area contributed by atoms with Gasteiger partial charge < -0.3 is 20.7 Å². The summed E-state index contributed by atoms with van der Waals surface area (Å²) in [7, 11) is 1.68. The first-order chi connectivity index (χ1) is 9.28. The van der Waals surface area contributed by atoms with E-state index in [1.807, 2.05) is 13.0 Å². The number of rotatable bonds is 6. The van der Waals surface area contributed by atoms with Gasteiger partial charge in [-0.15, -0.1) is 0 Å². The van der Waals surface area contributed by atoms with Gasteiger partial charge in [-0.1, -0.05) is 0 Å². The average molecular weight is 265 g/mol. The van der Waals surface area contributed by atoms with Crippen molar-refractivity contribution in [1.29, 1.82) is 0 Å². The monoisotopic (exact) mass is 265 g/mol. The van der Waals surface area contributed by atoms with E-state index >= 15 is 0 Å². The first kappa shape index (κ1) is 14.0. The highest BCUT2D eigenvalue weighted by Gasteiger charge is 2.13. The van der Waals surface area contributed by atoms with Crippen LogP contribution in [0.1, 0.15) is 18.5 Å². The van der Waals surface area contributed by atoms with Crippen LogP contribution in [0.15, 0.2) is 6.07 Å². The molecule has 0 saturated carbocycles. The Bertz CT molecular complexity index is 393. The fraction of sp³-hybridized carbons (Fsp3) is 0.692. The van der Waals surface area contributed by atoms with Crippen LogP contribution in [0, 0.1) is 6.92 Å². The van der Waals surface area contributed by atoms with Crippen molar-refractivity contribution in [2.24, 2.45) is 0 Å². The summed E-state index contributed by atoms with van der Waals surface area (Å²) in [4.78, 5) is 8.85. The zero-order valence-corrected chi connectivity index (χ0v) is 11.7. The summed E-state index contributed by atoms with van der Waals surface area (Å²) >= 11 is 0. The van der Waals surface area contributed by atoms with Gasteiger partial charge in [0.1, 0.15) is 5.82 Å². The summed E-state index contributed by atoms with van der Waals surface area (Å²) in [5.74, 6) is 1.55. The molecule has 1 fully saturated rings. The molecule has 1 aliphatic rings. The lowest BCUT2D eigenvalue weighted by Crippen LogP contribution is -2.38. The fourth-order valence-electron chi connectivity index (χ4n) is 2.17. The molecule has 0 aliphatic carbocycles. The molecule has 0 spiro atoms. The highest BCUT2D eigenvalue weighted by molar-refractivity contribution is 5.43. The lowest BCUT2D eigenvalue weighted by molar-refractivity contribution is 0.210. The van der Waals surface area contributed by atoms with Crippen LogP contribution < -0.4 is 16.0 Å². The normalized spacial score (nSPS) is 19.2. The first-order valence-corrected chi connectivity index (χ1v) is 6.83. The molecule has 1 saturated heterocycles. The highest BCUT2D eigenvalue weighted by atomic mass is 16.5. The zero-order chi connectivity index (χ0) is 13.5. The van der Waals surface area contributed by atoms with Crippen molar-refractivity contribution in [3.05, 3.63) is 11.8 Å². The third-order valence-electron chi connectivity index (χ3n) is 3.09. The number of anilines is 2. The minimum absolute atomic E-state index is 0.454. The topological polar surface area (TPSA) is 71.1 Å². The summed E-state index contributed by atoms with van der Waals surface area (Å²) in [6.45, 7) is 5.45. The maximum Gasteiger partial charge on any atom is 0.224 e. The smallest absolute Gasteiger partial charge is 0.224 e. The van der Waals surface area contributed by atoms with Gasteiger partial charge in [0.2, 0.25) is 5.95 Å². The molecular formula is C13H23N5O. The van der Waals surface area contributed by atoms with E-state index in [2.05, 4.69) is 25.9 Å². The van der Waals surface area contributed by atoms with Crippen LogP contribution in [0.5, 0.6) is 0 Å². The van der Waals surface area contributed by atoms with Crippen LogP contribution in [0.2, 0.25) is 0 Å². The number of hydrogen-bond acceptors (Lipinski definition) is 6. The summed E-state index contributed by atoms with van der Waals surface area (Å²) in [5.41, 5.74) is 0.959. The molecule has 1 aromatic rings. The number of nitrogens with zero attached hydrogens (tertiary/aromatic N) is 2. The SMILES string of the molecule is COCCNc1nc(C)cc(NC2CCCNC2)n1. The van der Waals surface area contributed by atoms with E-state index < -0.39 is 0 Å². The minimum atomic E-state index is 0.454. The van der Waals surface area contributed by atoms with Gasteiger partial charge in [0.15, 0.2) is 0 Å². The van der Waals surface area contributed by atoms with Gasteiger partial charge in [-0.05, 0) is 26.3 Å². The van der Waals surface area contributed by atoms with E-state index in [4.69, 9.17) is 4.74 Å². The van der Waals surface area contributed by atoms with E-state index in [1.165, 1.54) is 12.8 Å². The lowest BCUT2D eigenvalue weighted by atomic mass is 10.1. The van der Waals surface area contributed by atoms with Gasteiger partial charge in [0.25, 0.3) is 0 Å². The quantitative estimate of drug-likeness (QED) is 0.667. The van der Waals surface area contributed by atoms with Crippen LogP contribution in [0.3, 0.4) is 0 Å². The Morgan fingerprint density at radius 3 is 3.11 bits per heavy atom. The summed E-state index contributed by atoms with van der Waals surface area (Å²) < 4.78 is 5.00. The number of aryl methyl sites for hydroxylation is 1. The van der Waals surface area contributed by atoms with Gasteiger partial charge in [0, 0.05) is 38.0 Å². The van der Waals surface area contributed by atoms with Crippen molar-refractivity contribution in [3.63, 3.8) is 0 Å². The van der Waals surface area contributed by atoms with Crippen molar-refractivity contribution in [2.75, 3.05) is 44.0 Å². The fourth-order valence-corrected chi connectivity index (χ4v) is 2.17. The molecule has 1 aliphatic heterocycles. The molecule has 19 heavy (non-hydrogen) atoms. The van der Waals surface area contributed by atoms with Gasteiger partial charge in [-0.3, -0.25) is 0 Å². The summed E-state index contributed by atoms with van der Waals surface area (Å²) in [6, 6.07) is 2.44. The minimum Gasteiger partial charge on any atom is -0.383 e. The van der Waals surface area contributed by atoms with Crippen LogP contribution >= 0.6 is 0 Å². The van der Waals surface area contributed by atoms with E-state index in [-0.39, 0.29) is 0 Å². The predicted molar refractivity (Wildman–Crippen MR) is 76.6 cm³/mol. The molecule has 6 heteroatoms. The molecule has 106 valence electrons. The Balaban J connectivity index is 1.95. The molecule has 1 unspecified atom stereocenters. The van der Waals surface area contributed by atoms with Crippen molar-refractivity contribution >= 4 is 11.8 Å². The second-order valence-electron chi connectivity index (χ2n) is 4.83. The number of aromatic nitrogens is 2. The van der Waals surface area contributed by atoms with Crippen LogP contribution in [-0.2, 0) is 4.74 Å². The largest absolute Gasteiger partial charge is 0.383 e. The standard InChI is InChI=1S/C13H23N5O/c1-10-8-12(17-11-4-3-5-14-9-11)18-13(16-10)15-6-7-19-2/h8,11,14H,3-7,9H2,1-2H3,(H2,15,16,17,18). The number of nitrogens with one attached hydrogen (secondary N) is 3. The molecule has 1 aromatic heterocycles. The Hall–Kier alpha value is -1.40. The molecule has 0 amide bonds. The van der Waals surface area contributed by atoms with Gasteiger partial charge in [0.05, 0.1) is 6.61 Å². The van der Waals surface area contributed by atoms with Crippen molar-refractivity contribution in [1.82, 2.24) is 15.3 Å². The van der Waals surface area contributed by atoms with E-state index in [9.17, 15) is 0 Å². The summed E-state index contributed by atoms with van der Waals surface area (Å²) in [6.07, 6.45) is 2.39. The van der Waals surface area contributed by atoms with Crippen molar-refractivity contribution in [2.45, 2.75) is 25.8 Å². The predicted octanol–water partition coefficient (Wildman–Crippen LogP) is 1.01. The molecular weight excluding hydrogens is 242 g/mol. The van der Waals surface area contributed by atoms with Crippen LogP contribution in [0.25, 0.3) is 0 Å². The zero-order valence-electron chi connectivity index (χ0n) is 11.7. The van der Waals surface area contributed by atoms with Gasteiger partial charge >= 0.3 is 0 Å². The second-order valence-corrected chi connectivity index (χ2v) is 4.83. The second kappa shape index (κ2) is 7.25. The maximum atomic E-state index is 5.00. The van der Waals surface area contributed by atoms with Crippen molar-refractivity contribution < 1.29 is 4.74 Å². The van der Waals surface area contributed by atoms with E-state index in [1.54, 1.807) is 7.11 Å². The molecule has 0 bridgehead atoms. The lowest BCUT2D eigenvalue weighted by Gasteiger charge is -2.24. The number of ether oxygens (including phenoxy) is 1. The number of methoxy groups -OCH3 is 1. The number of piperidine rings is 1. The molecule has 3 N–H and O–H groups in total. The molecule has 0 radical (unpaired) electrons. The Labute approximate surface area is 114 Å². The third-order valence-corrected chi connectivity index (χ3v) is 3.09. The first-order valence-electron chi connectivity index (χ1n) is 6.83. The molecule has 1 atom stereocenters. The van der Waals surface area contributed by atoms with Gasteiger partial charge in [-0.25, -0.2) is 4.98 Å². The van der Waals surface area contributed by atoms with Crippen molar-refractivity contribution in [3.8, 4) is 0 Å². The number of hydrogen-bond donors (Lipinski definition) is 3. The highest BCUT2D eigenvalue weighted by Crippen LogP contribution is 2.13. The molecule has 6 nitrogen and oxygen atoms in total. The molecule has 2 heterocycles. The average Bonchev–Trinajstić information content (AvgIpc) is 2.39. The van der Waals surface area contributed by atoms with E-state index in [0.29, 0.717) is 25.1 Å². The summed E-state index contributed by atoms with van der Waals surface area (Å²) in [5, 5.41) is 10.0. The Kier molecular flexibility index (Phi) is 5.35. The Morgan fingerprint density at radius 2 is 2.37 bits per heavy atom. The van der Waals surface area contributed by atoms with E-state index in [0.717, 1.165) is 24.6 Å². The van der Waals surface area contributed by atoms with Crippen LogP contribution in [0.4, 0.5) is 11.8 Å². The molecule has 2 rings (SSSR count). The molecule has 0 aromatic carbocycles. The Morgan fingerprint density at radius 1 is 1.47 bits per heavy atom.